The number of piperidine rings is 1. The Labute approximate surface area is 158 Å². The zero-order chi connectivity index (χ0) is 18.8. The Bertz CT molecular complexity index is 949. The number of amides is 1. The molecule has 3 aromatic rings. The Balaban J connectivity index is 1.41. The fourth-order valence-electron chi connectivity index (χ4n) is 3.57. The zero-order valence-electron chi connectivity index (χ0n) is 15.7. The number of nitrogens with zero attached hydrogens (tertiary/aromatic N) is 5. The number of rotatable bonds is 4. The highest BCUT2D eigenvalue weighted by Crippen LogP contribution is 2.19. The molecule has 0 spiro atoms. The van der Waals surface area contributed by atoms with Crippen LogP contribution in [0.3, 0.4) is 0 Å². The second-order valence-corrected chi connectivity index (χ2v) is 7.37. The van der Waals surface area contributed by atoms with Gasteiger partial charge in [0.1, 0.15) is 0 Å². The van der Waals surface area contributed by atoms with Crippen LogP contribution in [0.15, 0.2) is 36.5 Å². The average molecular weight is 364 g/mol. The topological polar surface area (TPSA) is 75.4 Å². The summed E-state index contributed by atoms with van der Waals surface area (Å²) in [7, 11) is 0. The van der Waals surface area contributed by atoms with E-state index in [4.69, 9.17) is 0 Å². The first-order chi connectivity index (χ1) is 13.1. The second-order valence-electron chi connectivity index (χ2n) is 7.37. The molecule has 1 amide bonds. The zero-order valence-corrected chi connectivity index (χ0v) is 15.7. The molecule has 7 heteroatoms. The first-order valence-electron chi connectivity index (χ1n) is 9.39. The van der Waals surface area contributed by atoms with E-state index in [1.54, 1.807) is 10.7 Å². The standard InChI is InChI=1S/C20H24N6O/c1-14-4-3-11-25(12-14)13-16-5-7-17(8-6-16)22-19(27)18-23-20-21-10-9-15(2)26(20)24-18/h5-10,14H,3-4,11-13H2,1-2H3,(H,22,27). The lowest BCUT2D eigenvalue weighted by atomic mass is 10.00. The van der Waals surface area contributed by atoms with Crippen LogP contribution in [0, 0.1) is 12.8 Å². The minimum absolute atomic E-state index is 0.114. The van der Waals surface area contributed by atoms with Gasteiger partial charge in [-0.15, -0.1) is 5.10 Å². The van der Waals surface area contributed by atoms with Crippen LogP contribution in [0.1, 0.15) is 41.6 Å². The van der Waals surface area contributed by atoms with E-state index >= 15 is 0 Å². The van der Waals surface area contributed by atoms with E-state index in [1.807, 2.05) is 25.1 Å². The number of aromatic nitrogens is 4. The number of nitrogens with one attached hydrogen (secondary N) is 1. The molecule has 1 saturated heterocycles. The van der Waals surface area contributed by atoms with Gasteiger partial charge in [-0.25, -0.2) is 9.50 Å². The van der Waals surface area contributed by atoms with E-state index in [0.29, 0.717) is 5.78 Å². The summed E-state index contributed by atoms with van der Waals surface area (Å²) < 4.78 is 1.57. The van der Waals surface area contributed by atoms with Gasteiger partial charge in [-0.2, -0.15) is 4.98 Å². The van der Waals surface area contributed by atoms with Crippen LogP contribution < -0.4 is 5.32 Å². The summed E-state index contributed by atoms with van der Waals surface area (Å²) in [5.41, 5.74) is 2.87. The number of likely N-dealkylation sites (tertiary alicyclic amines) is 1. The van der Waals surface area contributed by atoms with Crippen molar-refractivity contribution >= 4 is 17.4 Å². The molecular formula is C20H24N6O. The van der Waals surface area contributed by atoms with Crippen molar-refractivity contribution in [2.45, 2.75) is 33.2 Å². The summed E-state index contributed by atoms with van der Waals surface area (Å²) in [5.74, 6) is 0.973. The number of aryl methyl sites for hydroxylation is 1. The molecule has 1 aliphatic rings. The third-order valence-electron chi connectivity index (χ3n) is 4.99. The van der Waals surface area contributed by atoms with Gasteiger partial charge in [0, 0.05) is 30.7 Å². The molecule has 1 fully saturated rings. The summed E-state index contributed by atoms with van der Waals surface area (Å²) in [4.78, 5) is 23.3. The van der Waals surface area contributed by atoms with E-state index in [-0.39, 0.29) is 11.7 Å². The van der Waals surface area contributed by atoms with Gasteiger partial charge in [0.2, 0.25) is 5.82 Å². The van der Waals surface area contributed by atoms with Gasteiger partial charge in [-0.1, -0.05) is 19.1 Å². The lowest BCUT2D eigenvalue weighted by Gasteiger charge is -2.30. The van der Waals surface area contributed by atoms with Gasteiger partial charge < -0.3 is 5.32 Å². The molecule has 1 unspecified atom stereocenters. The molecule has 1 aliphatic heterocycles. The fraction of sp³-hybridized carbons (Fsp3) is 0.400. The third-order valence-corrected chi connectivity index (χ3v) is 4.99. The minimum Gasteiger partial charge on any atom is -0.319 e. The molecule has 7 nitrogen and oxygen atoms in total. The summed E-state index contributed by atoms with van der Waals surface area (Å²) in [6.07, 6.45) is 4.26. The Morgan fingerprint density at radius 1 is 1.26 bits per heavy atom. The molecule has 4 rings (SSSR count). The van der Waals surface area contributed by atoms with Gasteiger partial charge in [0.05, 0.1) is 0 Å². The molecule has 1 N–H and O–H groups in total. The Morgan fingerprint density at radius 2 is 2.07 bits per heavy atom. The lowest BCUT2D eigenvalue weighted by molar-refractivity contribution is 0.101. The molecule has 0 bridgehead atoms. The molecule has 0 aliphatic carbocycles. The van der Waals surface area contributed by atoms with Crippen LogP contribution in [0.4, 0.5) is 5.69 Å². The van der Waals surface area contributed by atoms with E-state index < -0.39 is 0 Å². The van der Waals surface area contributed by atoms with E-state index in [1.165, 1.54) is 18.4 Å². The molecule has 1 aromatic carbocycles. The smallest absolute Gasteiger partial charge is 0.295 e. The summed E-state index contributed by atoms with van der Waals surface area (Å²) in [6.45, 7) is 7.49. The van der Waals surface area contributed by atoms with Gasteiger partial charge in [0.15, 0.2) is 0 Å². The van der Waals surface area contributed by atoms with Crippen LogP contribution in [0.5, 0.6) is 0 Å². The quantitative estimate of drug-likeness (QED) is 0.770. The number of hydrogen-bond acceptors (Lipinski definition) is 5. The summed E-state index contributed by atoms with van der Waals surface area (Å²) >= 11 is 0. The summed E-state index contributed by atoms with van der Waals surface area (Å²) in [5, 5.41) is 7.09. The van der Waals surface area contributed by atoms with E-state index in [2.05, 4.69) is 44.3 Å². The molecule has 140 valence electrons. The van der Waals surface area contributed by atoms with Gasteiger partial charge in [-0.05, 0) is 56.0 Å². The number of carbonyl (C=O) groups excluding carboxylic acids is 1. The van der Waals surface area contributed by atoms with Crippen LogP contribution in [-0.4, -0.2) is 43.5 Å². The van der Waals surface area contributed by atoms with Crippen molar-refractivity contribution in [1.82, 2.24) is 24.5 Å². The highest BCUT2D eigenvalue weighted by molar-refractivity contribution is 6.01. The first kappa shape index (κ1) is 17.6. The van der Waals surface area contributed by atoms with E-state index in [9.17, 15) is 4.79 Å². The van der Waals surface area contributed by atoms with Crippen LogP contribution >= 0.6 is 0 Å². The molecule has 2 aromatic heterocycles. The maximum Gasteiger partial charge on any atom is 0.295 e. The number of benzene rings is 1. The van der Waals surface area contributed by atoms with Crippen LogP contribution in [0.2, 0.25) is 0 Å². The van der Waals surface area contributed by atoms with Crippen LogP contribution in [0.25, 0.3) is 5.78 Å². The molecule has 0 radical (unpaired) electrons. The maximum atomic E-state index is 12.4. The number of anilines is 1. The average Bonchev–Trinajstić information content (AvgIpc) is 3.09. The van der Waals surface area contributed by atoms with Gasteiger partial charge in [-0.3, -0.25) is 9.69 Å². The van der Waals surface area contributed by atoms with Gasteiger partial charge >= 0.3 is 0 Å². The van der Waals surface area contributed by atoms with Crippen molar-refractivity contribution < 1.29 is 4.79 Å². The van der Waals surface area contributed by atoms with Crippen LogP contribution in [-0.2, 0) is 6.54 Å². The predicted molar refractivity (Wildman–Crippen MR) is 104 cm³/mol. The third kappa shape index (κ3) is 3.98. The SMILES string of the molecule is Cc1ccnc2nc(C(=O)Nc3ccc(CN4CCCC(C)C4)cc3)nn12. The fourth-order valence-corrected chi connectivity index (χ4v) is 3.57. The molecule has 1 atom stereocenters. The minimum atomic E-state index is -0.336. The van der Waals surface area contributed by atoms with Crippen molar-refractivity contribution in [2.75, 3.05) is 18.4 Å². The highest BCUT2D eigenvalue weighted by Gasteiger charge is 2.17. The molecular weight excluding hydrogens is 340 g/mol. The van der Waals surface area contributed by atoms with Gasteiger partial charge in [0.25, 0.3) is 11.7 Å². The number of carbonyl (C=O) groups is 1. The largest absolute Gasteiger partial charge is 0.319 e. The summed E-state index contributed by atoms with van der Waals surface area (Å²) in [6, 6.07) is 9.82. The normalized spacial score (nSPS) is 17.9. The Hall–Kier alpha value is -2.80. The monoisotopic (exact) mass is 364 g/mol. The Kier molecular flexibility index (Phi) is 4.85. The van der Waals surface area contributed by atoms with Crippen molar-refractivity contribution in [3.8, 4) is 0 Å². The number of hydrogen-bond donors (Lipinski definition) is 1. The number of fused-ring (bicyclic) bond motifs is 1. The molecule has 27 heavy (non-hydrogen) atoms. The van der Waals surface area contributed by atoms with E-state index in [0.717, 1.165) is 36.9 Å². The maximum absolute atomic E-state index is 12.4. The van der Waals surface area contributed by atoms with Crippen molar-refractivity contribution in [1.29, 1.82) is 0 Å². The first-order valence-corrected chi connectivity index (χ1v) is 9.39. The van der Waals surface area contributed by atoms with Crippen molar-refractivity contribution in [3.63, 3.8) is 0 Å². The molecule has 0 saturated carbocycles. The van der Waals surface area contributed by atoms with Crippen molar-refractivity contribution in [3.05, 3.63) is 53.6 Å². The highest BCUT2D eigenvalue weighted by atomic mass is 16.2. The lowest BCUT2D eigenvalue weighted by Crippen LogP contribution is -2.33. The molecule has 3 heterocycles. The predicted octanol–water partition coefficient (Wildman–Crippen LogP) is 2.92. The van der Waals surface area contributed by atoms with Crippen molar-refractivity contribution in [2.24, 2.45) is 5.92 Å². The second kappa shape index (κ2) is 7.44. The Morgan fingerprint density at radius 3 is 2.81 bits per heavy atom.